The van der Waals surface area contributed by atoms with E-state index in [0.717, 1.165) is 57.8 Å². The lowest BCUT2D eigenvalue weighted by molar-refractivity contribution is -0.152. The number of hydrogen-bond acceptors (Lipinski definition) is 6. The lowest BCUT2D eigenvalue weighted by atomic mass is 10.0. The van der Waals surface area contributed by atoms with Crippen molar-refractivity contribution in [3.63, 3.8) is 0 Å². The molecule has 256 valence electrons. The zero-order chi connectivity index (χ0) is 32.4. The zero-order valence-corrected chi connectivity index (χ0v) is 28.7. The minimum absolute atomic E-state index is 0.145. The van der Waals surface area contributed by atoms with Crippen molar-refractivity contribution in [1.82, 2.24) is 0 Å². The molecule has 0 aromatic heterocycles. The van der Waals surface area contributed by atoms with E-state index in [9.17, 15) is 19.5 Å². The van der Waals surface area contributed by atoms with Gasteiger partial charge < -0.3 is 14.6 Å². The van der Waals surface area contributed by atoms with Gasteiger partial charge in [0.2, 0.25) is 0 Å². The molecule has 0 aliphatic heterocycles. The molecule has 0 aromatic carbocycles. The number of aliphatic hydroxyl groups is 1. The van der Waals surface area contributed by atoms with Gasteiger partial charge in [-0.3, -0.25) is 14.4 Å². The molecule has 0 radical (unpaired) electrons. The Morgan fingerprint density at radius 3 is 1.36 bits per heavy atom. The molecular weight excluding hydrogens is 552 g/mol. The van der Waals surface area contributed by atoms with Crippen LogP contribution in [0.2, 0.25) is 0 Å². The minimum Gasteiger partial charge on any atom is -0.463 e. The van der Waals surface area contributed by atoms with Gasteiger partial charge in [-0.15, -0.1) is 0 Å². The fourth-order valence-corrected chi connectivity index (χ4v) is 5.07. The summed E-state index contributed by atoms with van der Waals surface area (Å²) in [7, 11) is 0. The van der Waals surface area contributed by atoms with Gasteiger partial charge in [-0.25, -0.2) is 0 Å². The van der Waals surface area contributed by atoms with Crippen LogP contribution in [0.3, 0.4) is 0 Å². The minimum atomic E-state index is -0.998. The fourth-order valence-electron chi connectivity index (χ4n) is 5.07. The van der Waals surface area contributed by atoms with Crippen molar-refractivity contribution in [2.45, 2.75) is 187 Å². The second-order valence-electron chi connectivity index (χ2n) is 12.4. The van der Waals surface area contributed by atoms with Crippen LogP contribution in [-0.4, -0.2) is 42.1 Å². The van der Waals surface area contributed by atoms with Crippen LogP contribution in [0.5, 0.6) is 0 Å². The molecule has 0 saturated carbocycles. The Bertz CT molecular complexity index is 729. The molecule has 0 spiro atoms. The molecule has 0 unspecified atom stereocenters. The topological polar surface area (TPSA) is 89.9 Å². The number of ether oxygens (including phenoxy) is 2. The van der Waals surface area contributed by atoms with Gasteiger partial charge in [0.05, 0.1) is 0 Å². The number of ketones is 1. The van der Waals surface area contributed by atoms with Crippen molar-refractivity contribution in [1.29, 1.82) is 0 Å². The van der Waals surface area contributed by atoms with E-state index < -0.39 is 6.10 Å². The first-order valence-corrected chi connectivity index (χ1v) is 18.3. The SMILES string of the molecule is CCCCC/C=C\C=C\C(=O)CCCCCCCC(=O)OC[C@@H](O)COC(=O)CCCCCCCCCCCCCCCC. The normalized spacial score (nSPS) is 12.2. The predicted octanol–water partition coefficient (Wildman–Crippen LogP) is 10.3. The summed E-state index contributed by atoms with van der Waals surface area (Å²) in [6.45, 7) is 4.14. The average molecular weight is 621 g/mol. The molecule has 1 N–H and O–H groups in total. The summed E-state index contributed by atoms with van der Waals surface area (Å²) >= 11 is 0. The van der Waals surface area contributed by atoms with Crippen LogP contribution in [0.1, 0.15) is 181 Å². The van der Waals surface area contributed by atoms with E-state index in [1.54, 1.807) is 6.08 Å². The summed E-state index contributed by atoms with van der Waals surface area (Å²) in [6, 6.07) is 0. The Balaban J connectivity index is 3.52. The van der Waals surface area contributed by atoms with Crippen LogP contribution in [0, 0.1) is 0 Å². The molecule has 0 aromatic rings. The quantitative estimate of drug-likeness (QED) is 0.0340. The van der Waals surface area contributed by atoms with Crippen molar-refractivity contribution in [2.75, 3.05) is 13.2 Å². The Labute approximate surface area is 270 Å². The van der Waals surface area contributed by atoms with Crippen LogP contribution >= 0.6 is 0 Å². The standard InChI is InChI=1S/C38H68O6/c1-3-5-7-9-11-12-13-14-15-16-17-19-23-27-31-37(41)43-33-36(40)34-44-38(42)32-28-24-20-22-26-30-35(39)29-25-21-18-10-8-6-4-2/h18,21,25,29,36,40H,3-17,19-20,22-24,26-28,30-34H2,1-2H3/b21-18-,29-25+/t36-/m0/s1. The second-order valence-corrected chi connectivity index (χ2v) is 12.4. The monoisotopic (exact) mass is 621 g/mol. The maximum absolute atomic E-state index is 11.9. The maximum atomic E-state index is 11.9. The lowest BCUT2D eigenvalue weighted by Gasteiger charge is -2.12. The number of aliphatic hydroxyl groups excluding tert-OH is 1. The summed E-state index contributed by atoms with van der Waals surface area (Å²) in [5, 5.41) is 9.98. The van der Waals surface area contributed by atoms with Crippen LogP contribution in [0.25, 0.3) is 0 Å². The molecule has 1 atom stereocenters. The first-order valence-electron chi connectivity index (χ1n) is 18.3. The van der Waals surface area contributed by atoms with E-state index in [1.807, 2.05) is 12.2 Å². The molecule has 0 heterocycles. The highest BCUT2D eigenvalue weighted by molar-refractivity contribution is 5.89. The smallest absolute Gasteiger partial charge is 0.305 e. The number of carbonyl (C=O) groups excluding carboxylic acids is 3. The molecule has 0 rings (SSSR count). The number of esters is 2. The average Bonchev–Trinajstić information content (AvgIpc) is 3.02. The third-order valence-electron chi connectivity index (χ3n) is 7.92. The Hall–Kier alpha value is -1.95. The van der Waals surface area contributed by atoms with Gasteiger partial charge in [0, 0.05) is 19.3 Å². The van der Waals surface area contributed by atoms with Crippen molar-refractivity contribution >= 4 is 17.7 Å². The zero-order valence-electron chi connectivity index (χ0n) is 28.7. The molecule has 0 aliphatic carbocycles. The molecule has 44 heavy (non-hydrogen) atoms. The predicted molar refractivity (Wildman–Crippen MR) is 183 cm³/mol. The number of unbranched alkanes of at least 4 members (excludes halogenated alkanes) is 20. The van der Waals surface area contributed by atoms with E-state index in [4.69, 9.17) is 9.47 Å². The number of carbonyl (C=O) groups is 3. The summed E-state index contributed by atoms with van der Waals surface area (Å²) in [5.74, 6) is -0.492. The lowest BCUT2D eigenvalue weighted by Crippen LogP contribution is -2.25. The number of rotatable bonds is 33. The van der Waals surface area contributed by atoms with Crippen LogP contribution in [0.4, 0.5) is 0 Å². The third kappa shape index (κ3) is 33.0. The molecule has 0 amide bonds. The number of allylic oxidation sites excluding steroid dienone is 4. The van der Waals surface area contributed by atoms with Crippen molar-refractivity contribution in [3.8, 4) is 0 Å². The van der Waals surface area contributed by atoms with E-state index in [1.165, 1.54) is 89.9 Å². The molecule has 0 bridgehead atoms. The maximum Gasteiger partial charge on any atom is 0.305 e. The van der Waals surface area contributed by atoms with E-state index in [-0.39, 0.29) is 30.9 Å². The van der Waals surface area contributed by atoms with E-state index in [0.29, 0.717) is 19.3 Å². The summed E-state index contributed by atoms with van der Waals surface area (Å²) < 4.78 is 10.3. The molecular formula is C38H68O6. The number of hydrogen-bond donors (Lipinski definition) is 1. The van der Waals surface area contributed by atoms with E-state index >= 15 is 0 Å². The Morgan fingerprint density at radius 1 is 0.523 bits per heavy atom. The molecule has 0 fully saturated rings. The van der Waals surface area contributed by atoms with E-state index in [2.05, 4.69) is 19.9 Å². The van der Waals surface area contributed by atoms with Crippen molar-refractivity contribution in [3.05, 3.63) is 24.3 Å². The first-order chi connectivity index (χ1) is 21.5. The van der Waals surface area contributed by atoms with Crippen molar-refractivity contribution in [2.24, 2.45) is 0 Å². The Morgan fingerprint density at radius 2 is 0.909 bits per heavy atom. The molecule has 6 nitrogen and oxygen atoms in total. The largest absolute Gasteiger partial charge is 0.463 e. The van der Waals surface area contributed by atoms with Gasteiger partial charge in [-0.1, -0.05) is 148 Å². The Kier molecular flexibility index (Phi) is 32.4. The van der Waals surface area contributed by atoms with Crippen LogP contribution < -0.4 is 0 Å². The van der Waals surface area contributed by atoms with Gasteiger partial charge in [0.25, 0.3) is 0 Å². The van der Waals surface area contributed by atoms with Gasteiger partial charge >= 0.3 is 11.9 Å². The van der Waals surface area contributed by atoms with Crippen LogP contribution in [0.15, 0.2) is 24.3 Å². The molecule has 0 saturated heterocycles. The third-order valence-corrected chi connectivity index (χ3v) is 7.92. The fraction of sp³-hybridized carbons (Fsp3) is 0.816. The van der Waals surface area contributed by atoms with Gasteiger partial charge in [-0.05, 0) is 38.2 Å². The van der Waals surface area contributed by atoms with Gasteiger partial charge in [0.15, 0.2) is 5.78 Å². The highest BCUT2D eigenvalue weighted by atomic mass is 16.6. The van der Waals surface area contributed by atoms with Crippen molar-refractivity contribution < 1.29 is 29.0 Å². The van der Waals surface area contributed by atoms with Crippen LogP contribution in [-0.2, 0) is 23.9 Å². The molecule has 6 heteroatoms. The highest BCUT2D eigenvalue weighted by Gasteiger charge is 2.12. The second kappa shape index (κ2) is 33.9. The highest BCUT2D eigenvalue weighted by Crippen LogP contribution is 2.14. The first kappa shape index (κ1) is 42.0. The summed E-state index contributed by atoms with van der Waals surface area (Å²) in [4.78, 5) is 35.7. The molecule has 0 aliphatic rings. The van der Waals surface area contributed by atoms with Gasteiger partial charge in [-0.2, -0.15) is 0 Å². The summed E-state index contributed by atoms with van der Waals surface area (Å²) in [5.41, 5.74) is 0. The van der Waals surface area contributed by atoms with Gasteiger partial charge in [0.1, 0.15) is 19.3 Å². The summed E-state index contributed by atoms with van der Waals surface area (Å²) in [6.07, 6.45) is 34.7.